The Morgan fingerprint density at radius 1 is 1.35 bits per heavy atom. The fourth-order valence-corrected chi connectivity index (χ4v) is 4.87. The quantitative estimate of drug-likeness (QED) is 0.722. The Hall–Kier alpha value is -2.09. The minimum absolute atomic E-state index is 0.0282. The maximum Gasteiger partial charge on any atom is 0.340 e. The fraction of sp³-hybridized carbons (Fsp3) is 0.556. The van der Waals surface area contributed by atoms with Gasteiger partial charge in [-0.15, -0.1) is 0 Å². The Bertz CT molecular complexity index is 763. The molecule has 2 rings (SSSR count). The summed E-state index contributed by atoms with van der Waals surface area (Å²) in [6.07, 6.45) is 1.12. The second-order valence-corrected chi connectivity index (χ2v) is 8.72. The van der Waals surface area contributed by atoms with E-state index in [1.165, 1.54) is 0 Å². The predicted molar refractivity (Wildman–Crippen MR) is 99.9 cm³/mol. The van der Waals surface area contributed by atoms with Crippen LogP contribution in [0.15, 0.2) is 24.3 Å². The number of nitrogens with zero attached hydrogens (tertiary/aromatic N) is 1. The van der Waals surface area contributed by atoms with Crippen LogP contribution in [0.1, 0.15) is 37.0 Å². The van der Waals surface area contributed by atoms with Crippen LogP contribution in [-0.2, 0) is 19.4 Å². The molecule has 0 aromatic heterocycles. The van der Waals surface area contributed by atoms with Gasteiger partial charge in [0.05, 0.1) is 17.1 Å². The number of rotatable bonds is 7. The number of nitrogens with one attached hydrogen (secondary N) is 1. The molecule has 1 N–H and O–H groups in total. The van der Waals surface area contributed by atoms with Crippen molar-refractivity contribution in [1.29, 1.82) is 0 Å². The summed E-state index contributed by atoms with van der Waals surface area (Å²) in [5, 5.41) is 2.91. The van der Waals surface area contributed by atoms with Crippen molar-refractivity contribution in [2.45, 2.75) is 38.8 Å². The van der Waals surface area contributed by atoms with Crippen molar-refractivity contribution in [2.24, 2.45) is 0 Å². The molecule has 0 saturated carbocycles. The lowest BCUT2D eigenvalue weighted by Gasteiger charge is -2.33. The second-order valence-electron chi connectivity index (χ2n) is 6.49. The first-order valence-corrected chi connectivity index (χ1v) is 10.6. The highest BCUT2D eigenvalue weighted by Gasteiger charge is 2.36. The molecule has 0 bridgehead atoms. The number of para-hydroxylation sites is 1. The van der Waals surface area contributed by atoms with Crippen LogP contribution < -0.4 is 5.32 Å². The van der Waals surface area contributed by atoms with Crippen molar-refractivity contribution in [3.8, 4) is 0 Å². The number of carbonyl (C=O) groups excluding carboxylic acids is 2. The third kappa shape index (κ3) is 4.75. The molecule has 1 heterocycles. The van der Waals surface area contributed by atoms with Gasteiger partial charge in [-0.2, -0.15) is 0 Å². The van der Waals surface area contributed by atoms with Gasteiger partial charge in [0.15, 0.2) is 16.4 Å². The summed E-state index contributed by atoms with van der Waals surface area (Å²) in [6.45, 7) is 3.41. The number of esters is 1. The largest absolute Gasteiger partial charge is 0.452 e. The average molecular weight is 382 g/mol. The number of ether oxygens (including phenoxy) is 1. The van der Waals surface area contributed by atoms with Crippen LogP contribution in [-0.4, -0.2) is 62.4 Å². The zero-order valence-electron chi connectivity index (χ0n) is 15.4. The first kappa shape index (κ1) is 20.2. The Morgan fingerprint density at radius 2 is 2.04 bits per heavy atom. The summed E-state index contributed by atoms with van der Waals surface area (Å²) in [6, 6.07) is 6.39. The van der Waals surface area contributed by atoms with Gasteiger partial charge in [-0.25, -0.2) is 13.2 Å². The highest BCUT2D eigenvalue weighted by atomic mass is 32.2. The number of sulfone groups is 1. The van der Waals surface area contributed by atoms with E-state index >= 15 is 0 Å². The first-order valence-electron chi connectivity index (χ1n) is 8.74. The molecule has 1 aliphatic rings. The molecular weight excluding hydrogens is 356 g/mol. The monoisotopic (exact) mass is 382 g/mol. The molecule has 0 spiro atoms. The van der Waals surface area contributed by atoms with Crippen LogP contribution in [0.2, 0.25) is 0 Å². The van der Waals surface area contributed by atoms with Crippen LogP contribution >= 0.6 is 0 Å². The molecule has 1 aromatic rings. The van der Waals surface area contributed by atoms with Crippen molar-refractivity contribution in [3.63, 3.8) is 0 Å². The van der Waals surface area contributed by atoms with Gasteiger partial charge >= 0.3 is 5.97 Å². The van der Waals surface area contributed by atoms with Gasteiger partial charge in [-0.05, 0) is 31.9 Å². The van der Waals surface area contributed by atoms with Crippen LogP contribution in [0.5, 0.6) is 0 Å². The zero-order valence-corrected chi connectivity index (χ0v) is 16.2. The maximum absolute atomic E-state index is 12.7. The lowest BCUT2D eigenvalue weighted by atomic mass is 10.1. The van der Waals surface area contributed by atoms with E-state index < -0.39 is 22.4 Å². The van der Waals surface area contributed by atoms with Gasteiger partial charge in [0.25, 0.3) is 5.91 Å². The third-order valence-corrected chi connectivity index (χ3v) is 6.45. The molecule has 0 aliphatic carbocycles. The van der Waals surface area contributed by atoms with Crippen LogP contribution in [0.4, 0.5) is 5.69 Å². The predicted octanol–water partition coefficient (Wildman–Crippen LogP) is 1.70. The minimum Gasteiger partial charge on any atom is -0.452 e. The van der Waals surface area contributed by atoms with E-state index in [-0.39, 0.29) is 29.5 Å². The summed E-state index contributed by atoms with van der Waals surface area (Å²) in [4.78, 5) is 26.5. The zero-order chi connectivity index (χ0) is 19.3. The number of hydrogen-bond acceptors (Lipinski definition) is 6. The molecule has 1 aromatic carbocycles. The Labute approximate surface area is 154 Å². The number of anilines is 1. The fourth-order valence-electron chi connectivity index (χ4n) is 3.16. The number of hydrogen-bond donors (Lipinski definition) is 1. The van der Waals surface area contributed by atoms with Crippen LogP contribution in [0, 0.1) is 0 Å². The topological polar surface area (TPSA) is 92.8 Å². The molecule has 26 heavy (non-hydrogen) atoms. The highest BCUT2D eigenvalue weighted by molar-refractivity contribution is 7.91. The van der Waals surface area contributed by atoms with E-state index in [4.69, 9.17) is 4.74 Å². The van der Waals surface area contributed by atoms with E-state index in [1.54, 1.807) is 36.2 Å². The lowest BCUT2D eigenvalue weighted by molar-refractivity contribution is -0.138. The third-order valence-electron chi connectivity index (χ3n) is 4.70. The van der Waals surface area contributed by atoms with Crippen molar-refractivity contribution >= 4 is 27.4 Å². The second kappa shape index (κ2) is 8.53. The molecule has 8 heteroatoms. The lowest BCUT2D eigenvalue weighted by Crippen LogP contribution is -2.48. The van der Waals surface area contributed by atoms with Crippen molar-refractivity contribution in [1.82, 2.24) is 4.90 Å². The maximum atomic E-state index is 12.7. The Morgan fingerprint density at radius 3 is 2.62 bits per heavy atom. The normalized spacial score (nSPS) is 19.6. The molecule has 2 atom stereocenters. The molecule has 144 valence electrons. The van der Waals surface area contributed by atoms with Crippen LogP contribution in [0.3, 0.4) is 0 Å². The van der Waals surface area contributed by atoms with E-state index in [1.807, 2.05) is 13.8 Å². The van der Waals surface area contributed by atoms with Gasteiger partial charge in [-0.1, -0.05) is 19.1 Å². The smallest absolute Gasteiger partial charge is 0.340 e. The van der Waals surface area contributed by atoms with Crippen LogP contribution in [0.25, 0.3) is 0 Å². The van der Waals surface area contributed by atoms with Gasteiger partial charge in [-0.3, -0.25) is 4.79 Å². The minimum atomic E-state index is -3.11. The standard InChI is InChI=1S/C18H26N2O5S/c1-4-13(2)20(14-9-10-26(23,24)12-14)17(21)11-25-18(22)15-7-5-6-8-16(15)19-3/h5-8,13-14,19H,4,9-12H2,1-3H3/t13-,14-/m0/s1. The summed E-state index contributed by atoms with van der Waals surface area (Å²) < 4.78 is 28.7. The molecule has 0 unspecified atom stereocenters. The van der Waals surface area contributed by atoms with Gasteiger partial charge < -0.3 is 15.0 Å². The SMILES string of the molecule is CC[C@H](C)N(C(=O)COC(=O)c1ccccc1NC)[C@H]1CCS(=O)(=O)C1. The molecule has 1 saturated heterocycles. The van der Waals surface area contributed by atoms with Crippen molar-refractivity contribution < 1.29 is 22.7 Å². The van der Waals surface area contributed by atoms with E-state index in [0.29, 0.717) is 24.1 Å². The molecule has 7 nitrogen and oxygen atoms in total. The Balaban J connectivity index is 2.06. The molecule has 1 aliphatic heterocycles. The molecule has 1 fully saturated rings. The number of benzene rings is 1. The number of amides is 1. The average Bonchev–Trinajstić information content (AvgIpc) is 2.98. The highest BCUT2D eigenvalue weighted by Crippen LogP contribution is 2.22. The Kier molecular flexibility index (Phi) is 6.63. The summed E-state index contributed by atoms with van der Waals surface area (Å²) in [7, 11) is -1.41. The van der Waals surface area contributed by atoms with E-state index in [0.717, 1.165) is 0 Å². The van der Waals surface area contributed by atoms with Crippen molar-refractivity contribution in [3.05, 3.63) is 29.8 Å². The summed E-state index contributed by atoms with van der Waals surface area (Å²) in [5.41, 5.74) is 0.965. The van der Waals surface area contributed by atoms with Gasteiger partial charge in [0.2, 0.25) is 0 Å². The van der Waals surface area contributed by atoms with Crippen molar-refractivity contribution in [2.75, 3.05) is 30.5 Å². The summed E-state index contributed by atoms with van der Waals surface area (Å²) in [5.74, 6) is -0.893. The first-order chi connectivity index (χ1) is 12.3. The van der Waals surface area contributed by atoms with E-state index in [9.17, 15) is 18.0 Å². The molecule has 0 radical (unpaired) electrons. The van der Waals surface area contributed by atoms with Gasteiger partial charge in [0, 0.05) is 24.8 Å². The molecule has 1 amide bonds. The number of carbonyl (C=O) groups is 2. The summed E-state index contributed by atoms with van der Waals surface area (Å²) >= 11 is 0. The van der Waals surface area contributed by atoms with Gasteiger partial charge in [0.1, 0.15) is 0 Å². The van der Waals surface area contributed by atoms with E-state index in [2.05, 4.69) is 5.32 Å². The molecular formula is C18H26N2O5S.